The number of unbranched alkanes of at least 4 members (excludes halogenated alkanes) is 1. The maximum absolute atomic E-state index is 13.8. The predicted octanol–water partition coefficient (Wildman–Crippen LogP) is 4.11. The summed E-state index contributed by atoms with van der Waals surface area (Å²) >= 11 is 0. The molecule has 3 heterocycles. The number of nitrogens with zero attached hydrogens (tertiary/aromatic N) is 4. The third-order valence-corrected chi connectivity index (χ3v) is 6.70. The Labute approximate surface area is 225 Å². The molecule has 1 unspecified atom stereocenters. The molecule has 2 aromatic carbocycles. The fourth-order valence-electron chi connectivity index (χ4n) is 4.68. The molecule has 2 aromatic heterocycles. The van der Waals surface area contributed by atoms with Gasteiger partial charge in [-0.05, 0) is 36.5 Å². The van der Waals surface area contributed by atoms with Crippen molar-refractivity contribution in [3.8, 4) is 22.5 Å². The number of nitrogens with one attached hydrogen (secondary N) is 2. The number of aromatic nitrogens is 4. The van der Waals surface area contributed by atoms with E-state index in [2.05, 4.69) is 27.4 Å². The molecule has 1 aliphatic heterocycles. The van der Waals surface area contributed by atoms with Gasteiger partial charge in [-0.2, -0.15) is 0 Å². The molecular formula is C29H30N6O4. The van der Waals surface area contributed by atoms with Gasteiger partial charge in [0.25, 0.3) is 5.56 Å². The highest BCUT2D eigenvalue weighted by Gasteiger charge is 2.21. The summed E-state index contributed by atoms with van der Waals surface area (Å²) in [5.41, 5.74) is 4.98. The lowest BCUT2D eigenvalue weighted by molar-refractivity contribution is 0.304. The third kappa shape index (κ3) is 5.45. The molecule has 0 bridgehead atoms. The second kappa shape index (κ2) is 11.3. The van der Waals surface area contributed by atoms with Gasteiger partial charge in [-0.25, -0.2) is 14.8 Å². The van der Waals surface area contributed by atoms with E-state index in [1.807, 2.05) is 55.5 Å². The van der Waals surface area contributed by atoms with Crippen molar-refractivity contribution in [3.05, 3.63) is 104 Å². The lowest BCUT2D eigenvalue weighted by Gasteiger charge is -2.23. The van der Waals surface area contributed by atoms with Gasteiger partial charge in [0, 0.05) is 23.7 Å². The quantitative estimate of drug-likeness (QED) is 0.336. The third-order valence-electron chi connectivity index (χ3n) is 6.70. The van der Waals surface area contributed by atoms with Crippen molar-refractivity contribution in [2.45, 2.75) is 45.8 Å². The highest BCUT2D eigenvalue weighted by atomic mass is 16.5. The number of methoxy groups -OCH3 is 1. The maximum atomic E-state index is 13.8. The Hall–Kier alpha value is -4.73. The molecule has 2 N–H and O–H groups in total. The van der Waals surface area contributed by atoms with Crippen LogP contribution in [0.2, 0.25) is 0 Å². The van der Waals surface area contributed by atoms with E-state index >= 15 is 0 Å². The van der Waals surface area contributed by atoms with E-state index in [4.69, 9.17) is 14.2 Å². The molecule has 10 nitrogen and oxygen atoms in total. The topological polar surface area (TPSA) is 127 Å². The molecular weight excluding hydrogens is 496 g/mol. The Morgan fingerprint density at radius 1 is 1.08 bits per heavy atom. The first-order chi connectivity index (χ1) is 19.0. The Kier molecular flexibility index (Phi) is 7.53. The first kappa shape index (κ1) is 25.9. The Morgan fingerprint density at radius 2 is 1.85 bits per heavy atom. The van der Waals surface area contributed by atoms with Crippen LogP contribution in [0.5, 0.6) is 0 Å². The lowest BCUT2D eigenvalue weighted by Crippen LogP contribution is -2.37. The summed E-state index contributed by atoms with van der Waals surface area (Å²) in [5, 5.41) is 6.96. The van der Waals surface area contributed by atoms with Crippen LogP contribution in [0.3, 0.4) is 0 Å². The molecule has 1 aliphatic rings. The van der Waals surface area contributed by atoms with Gasteiger partial charge in [0.2, 0.25) is 6.29 Å². The van der Waals surface area contributed by atoms with Gasteiger partial charge in [-0.3, -0.25) is 18.9 Å². The van der Waals surface area contributed by atoms with Crippen LogP contribution < -0.4 is 16.6 Å². The van der Waals surface area contributed by atoms with Crippen LogP contribution in [0.4, 0.5) is 0 Å². The van der Waals surface area contributed by atoms with Gasteiger partial charge in [0.1, 0.15) is 5.82 Å². The van der Waals surface area contributed by atoms with Crippen molar-refractivity contribution < 1.29 is 9.26 Å². The molecule has 5 rings (SSSR count). The highest BCUT2D eigenvalue weighted by molar-refractivity contribution is 5.80. The zero-order valence-electron chi connectivity index (χ0n) is 22.1. The normalized spacial score (nSPS) is 14.6. The van der Waals surface area contributed by atoms with E-state index < -0.39 is 12.0 Å². The largest absolute Gasteiger partial charge is 0.494 e. The van der Waals surface area contributed by atoms with Crippen LogP contribution in [-0.4, -0.2) is 33.0 Å². The van der Waals surface area contributed by atoms with Crippen molar-refractivity contribution in [3.63, 3.8) is 0 Å². The Balaban J connectivity index is 1.48. The number of ether oxygens (including phenoxy) is 1. The minimum Gasteiger partial charge on any atom is -0.494 e. The molecule has 39 heavy (non-hydrogen) atoms. The average molecular weight is 527 g/mol. The van der Waals surface area contributed by atoms with Gasteiger partial charge >= 0.3 is 5.76 Å². The summed E-state index contributed by atoms with van der Waals surface area (Å²) in [7, 11) is 1.57. The van der Waals surface area contributed by atoms with Crippen molar-refractivity contribution in [1.29, 1.82) is 0 Å². The number of aliphatic imine (C=N–C) groups is 1. The highest BCUT2D eigenvalue weighted by Crippen LogP contribution is 2.30. The van der Waals surface area contributed by atoms with Gasteiger partial charge in [-0.15, -0.1) is 0 Å². The second-order valence-electron chi connectivity index (χ2n) is 9.30. The number of aromatic amines is 1. The van der Waals surface area contributed by atoms with Crippen LogP contribution in [-0.2, 0) is 17.6 Å². The van der Waals surface area contributed by atoms with Gasteiger partial charge < -0.3 is 10.1 Å². The molecule has 10 heteroatoms. The summed E-state index contributed by atoms with van der Waals surface area (Å²) in [6.07, 6.45) is 5.83. The summed E-state index contributed by atoms with van der Waals surface area (Å²) in [6, 6.07) is 15.7. The van der Waals surface area contributed by atoms with Crippen LogP contribution >= 0.6 is 0 Å². The zero-order chi connectivity index (χ0) is 27.4. The van der Waals surface area contributed by atoms with Crippen LogP contribution in [0.1, 0.15) is 48.7 Å². The predicted molar refractivity (Wildman–Crippen MR) is 148 cm³/mol. The van der Waals surface area contributed by atoms with E-state index in [0.717, 1.165) is 47.2 Å². The Morgan fingerprint density at radius 3 is 2.49 bits per heavy atom. The van der Waals surface area contributed by atoms with E-state index in [-0.39, 0.29) is 5.56 Å². The number of hydrogen-bond donors (Lipinski definition) is 2. The van der Waals surface area contributed by atoms with Crippen LogP contribution in [0.25, 0.3) is 22.5 Å². The maximum Gasteiger partial charge on any atom is 0.439 e. The molecule has 4 aromatic rings. The van der Waals surface area contributed by atoms with Crippen molar-refractivity contribution >= 4 is 6.21 Å². The molecule has 1 atom stereocenters. The van der Waals surface area contributed by atoms with Gasteiger partial charge in [-0.1, -0.05) is 67.0 Å². The number of benzene rings is 2. The molecule has 0 amide bonds. The van der Waals surface area contributed by atoms with Gasteiger partial charge in [0.05, 0.1) is 19.0 Å². The summed E-state index contributed by atoms with van der Waals surface area (Å²) < 4.78 is 11.5. The van der Waals surface area contributed by atoms with Crippen molar-refractivity contribution in [2.75, 3.05) is 7.11 Å². The average Bonchev–Trinajstić information content (AvgIpc) is 3.40. The first-order valence-electron chi connectivity index (χ1n) is 12.9. The number of hydrogen-bond acceptors (Lipinski definition) is 8. The zero-order valence-corrected chi connectivity index (χ0v) is 22.1. The SMILES string of the molecule is CCCCc1nc(C)n(C2N=CC(OC)=CN2)c(=O)c1Cc1ccc(-c2ccccc2-c2noc(=O)[nH]2)cc1. The molecule has 0 aliphatic carbocycles. The minimum absolute atomic E-state index is 0.109. The number of rotatable bonds is 9. The fourth-order valence-corrected chi connectivity index (χ4v) is 4.68. The monoisotopic (exact) mass is 526 g/mol. The fraction of sp³-hybridized carbons (Fsp3) is 0.276. The summed E-state index contributed by atoms with van der Waals surface area (Å²) in [6.45, 7) is 3.96. The Bertz CT molecular complexity index is 1650. The van der Waals surface area contributed by atoms with Gasteiger partial charge in [0.15, 0.2) is 11.6 Å². The number of H-pyrrole nitrogens is 1. The van der Waals surface area contributed by atoms with Crippen LogP contribution in [0, 0.1) is 6.92 Å². The van der Waals surface area contributed by atoms with Crippen LogP contribution in [0.15, 0.2) is 79.6 Å². The molecule has 0 spiro atoms. The number of aryl methyl sites for hydroxylation is 2. The van der Waals surface area contributed by atoms with E-state index in [0.29, 0.717) is 29.4 Å². The minimum atomic E-state index is -0.601. The van der Waals surface area contributed by atoms with E-state index in [1.165, 1.54) is 0 Å². The lowest BCUT2D eigenvalue weighted by atomic mass is 9.96. The molecule has 0 fully saturated rings. The van der Waals surface area contributed by atoms with Crippen molar-refractivity contribution in [2.24, 2.45) is 4.99 Å². The smallest absolute Gasteiger partial charge is 0.439 e. The standard InChI is InChI=1S/C29H30N6O4/c1-4-5-10-25-24(27(36)35(18(2)32-25)28-30-16-21(38-3)17-31-28)15-19-11-13-20(14-12-19)22-8-6-7-9-23(22)26-33-29(37)39-34-26/h6-9,11-14,16-17,28,30H,4-5,10,15H2,1-3H3,(H,33,34,37). The molecule has 0 radical (unpaired) electrons. The summed E-state index contributed by atoms with van der Waals surface area (Å²) in [4.78, 5) is 37.2. The van der Waals surface area contributed by atoms with E-state index in [9.17, 15) is 9.59 Å². The first-order valence-corrected chi connectivity index (χ1v) is 12.9. The molecule has 0 saturated heterocycles. The number of allylic oxidation sites excluding steroid dienone is 1. The van der Waals surface area contributed by atoms with Crippen molar-refractivity contribution in [1.82, 2.24) is 25.0 Å². The molecule has 200 valence electrons. The molecule has 0 saturated carbocycles. The van der Waals surface area contributed by atoms with E-state index in [1.54, 1.807) is 24.1 Å². The second-order valence-corrected chi connectivity index (χ2v) is 9.30. The summed E-state index contributed by atoms with van der Waals surface area (Å²) in [5.74, 6) is 0.964.